The maximum Gasteiger partial charge on any atom is 0.303 e. The van der Waals surface area contributed by atoms with E-state index in [1.54, 1.807) is 0 Å². The van der Waals surface area contributed by atoms with Crippen molar-refractivity contribution in [3.63, 3.8) is 0 Å². The minimum absolute atomic E-state index is 0.242. The second kappa shape index (κ2) is 4.05. The summed E-state index contributed by atoms with van der Waals surface area (Å²) in [6, 6.07) is 8.40. The quantitative estimate of drug-likeness (QED) is 0.822. The highest BCUT2D eigenvalue weighted by Gasteiger charge is 2.27. The molecular formula is C13H16O2. The molecule has 0 amide bonds. The summed E-state index contributed by atoms with van der Waals surface area (Å²) in [4.78, 5) is 10.7. The van der Waals surface area contributed by atoms with E-state index in [4.69, 9.17) is 5.11 Å². The predicted octanol–water partition coefficient (Wildman–Crippen LogP) is 2.83. The number of fused-ring (bicyclic) bond motifs is 1. The van der Waals surface area contributed by atoms with Crippen LogP contribution in [0.1, 0.15) is 36.8 Å². The fourth-order valence-corrected chi connectivity index (χ4v) is 2.60. The maximum absolute atomic E-state index is 10.7. The molecule has 0 radical (unpaired) electrons. The molecule has 1 aromatic carbocycles. The molecule has 1 N–H and O–H groups in total. The smallest absolute Gasteiger partial charge is 0.303 e. The summed E-state index contributed by atoms with van der Waals surface area (Å²) in [5.74, 6) is -0.00432. The van der Waals surface area contributed by atoms with Crippen LogP contribution in [0.15, 0.2) is 24.3 Å². The van der Waals surface area contributed by atoms with Gasteiger partial charge in [0.05, 0.1) is 0 Å². The summed E-state index contributed by atoms with van der Waals surface area (Å²) in [5.41, 5.74) is 2.77. The lowest BCUT2D eigenvalue weighted by molar-refractivity contribution is -0.138. The largest absolute Gasteiger partial charge is 0.481 e. The van der Waals surface area contributed by atoms with Gasteiger partial charge < -0.3 is 5.11 Å². The molecule has 0 spiro atoms. The third kappa shape index (κ3) is 2.04. The van der Waals surface area contributed by atoms with E-state index in [1.165, 1.54) is 11.1 Å². The number of rotatable bonds is 3. The second-order valence-electron chi connectivity index (χ2n) is 4.42. The number of carbonyl (C=O) groups is 1. The van der Waals surface area contributed by atoms with Crippen LogP contribution in [-0.4, -0.2) is 11.1 Å². The molecule has 2 rings (SSSR count). The van der Waals surface area contributed by atoms with Gasteiger partial charge in [-0.15, -0.1) is 0 Å². The fourth-order valence-electron chi connectivity index (χ4n) is 2.60. The van der Waals surface area contributed by atoms with Crippen LogP contribution in [0.25, 0.3) is 0 Å². The topological polar surface area (TPSA) is 37.3 Å². The normalized spacial score (nSPS) is 21.0. The van der Waals surface area contributed by atoms with Crippen molar-refractivity contribution in [1.29, 1.82) is 0 Å². The van der Waals surface area contributed by atoms with Crippen molar-refractivity contribution in [3.05, 3.63) is 35.4 Å². The number of aryl methyl sites for hydroxylation is 1. The van der Waals surface area contributed by atoms with Crippen LogP contribution < -0.4 is 0 Å². The molecule has 0 heterocycles. The van der Waals surface area contributed by atoms with Gasteiger partial charge in [-0.05, 0) is 35.8 Å². The zero-order chi connectivity index (χ0) is 10.8. The Morgan fingerprint density at radius 3 is 3.00 bits per heavy atom. The molecule has 0 saturated heterocycles. The minimum atomic E-state index is -0.688. The van der Waals surface area contributed by atoms with Crippen molar-refractivity contribution in [3.8, 4) is 0 Å². The van der Waals surface area contributed by atoms with Gasteiger partial charge in [0.1, 0.15) is 0 Å². The fraction of sp³-hybridized carbons (Fsp3) is 0.462. The van der Waals surface area contributed by atoms with Crippen LogP contribution in [0.4, 0.5) is 0 Å². The molecule has 2 unspecified atom stereocenters. The van der Waals surface area contributed by atoms with Crippen molar-refractivity contribution in [2.24, 2.45) is 5.92 Å². The highest BCUT2D eigenvalue weighted by atomic mass is 16.4. The van der Waals surface area contributed by atoms with Crippen molar-refractivity contribution >= 4 is 5.97 Å². The first-order valence-electron chi connectivity index (χ1n) is 5.48. The van der Waals surface area contributed by atoms with E-state index in [-0.39, 0.29) is 12.3 Å². The molecular weight excluding hydrogens is 188 g/mol. The van der Waals surface area contributed by atoms with Gasteiger partial charge in [-0.2, -0.15) is 0 Å². The van der Waals surface area contributed by atoms with Gasteiger partial charge in [-0.1, -0.05) is 31.2 Å². The number of benzene rings is 1. The van der Waals surface area contributed by atoms with Gasteiger partial charge >= 0.3 is 5.97 Å². The van der Waals surface area contributed by atoms with Crippen molar-refractivity contribution < 1.29 is 9.90 Å². The lowest BCUT2D eigenvalue weighted by Crippen LogP contribution is -2.11. The predicted molar refractivity (Wildman–Crippen MR) is 58.9 cm³/mol. The Labute approximate surface area is 89.9 Å². The molecule has 0 saturated carbocycles. The zero-order valence-electron chi connectivity index (χ0n) is 8.94. The number of hydrogen-bond acceptors (Lipinski definition) is 1. The van der Waals surface area contributed by atoms with Crippen LogP contribution in [0.2, 0.25) is 0 Å². The average Bonchev–Trinajstić information content (AvgIpc) is 2.59. The SMILES string of the molecule is CC(CC(=O)O)C1CCc2ccccc21. The third-order valence-corrected chi connectivity index (χ3v) is 3.36. The molecule has 0 fully saturated rings. The van der Waals surface area contributed by atoms with E-state index >= 15 is 0 Å². The molecule has 1 aliphatic rings. The average molecular weight is 204 g/mol. The summed E-state index contributed by atoms with van der Waals surface area (Å²) in [6.07, 6.45) is 2.48. The number of aliphatic carboxylic acids is 1. The zero-order valence-corrected chi connectivity index (χ0v) is 8.94. The molecule has 2 heteroatoms. The van der Waals surface area contributed by atoms with Crippen LogP contribution in [0.3, 0.4) is 0 Å². The number of carboxylic acids is 1. The summed E-state index contributed by atoms with van der Waals surface area (Å²) >= 11 is 0. The van der Waals surface area contributed by atoms with E-state index in [2.05, 4.69) is 18.2 Å². The van der Waals surface area contributed by atoms with Gasteiger partial charge in [0.25, 0.3) is 0 Å². The van der Waals surface area contributed by atoms with Crippen LogP contribution >= 0.6 is 0 Å². The summed E-state index contributed by atoms with van der Waals surface area (Å²) in [6.45, 7) is 2.04. The third-order valence-electron chi connectivity index (χ3n) is 3.36. The van der Waals surface area contributed by atoms with E-state index < -0.39 is 5.97 Å². The van der Waals surface area contributed by atoms with E-state index in [1.807, 2.05) is 13.0 Å². The summed E-state index contributed by atoms with van der Waals surface area (Å²) in [5, 5.41) is 8.79. The van der Waals surface area contributed by atoms with Crippen molar-refractivity contribution in [2.75, 3.05) is 0 Å². The molecule has 0 aliphatic heterocycles. The van der Waals surface area contributed by atoms with Gasteiger partial charge in [-0.25, -0.2) is 0 Å². The van der Waals surface area contributed by atoms with Crippen molar-refractivity contribution in [1.82, 2.24) is 0 Å². The molecule has 80 valence electrons. The van der Waals surface area contributed by atoms with Crippen LogP contribution in [0.5, 0.6) is 0 Å². The lowest BCUT2D eigenvalue weighted by atomic mass is 9.86. The van der Waals surface area contributed by atoms with E-state index in [0.29, 0.717) is 5.92 Å². The maximum atomic E-state index is 10.7. The second-order valence-corrected chi connectivity index (χ2v) is 4.42. The van der Waals surface area contributed by atoms with E-state index in [9.17, 15) is 4.79 Å². The molecule has 0 aromatic heterocycles. The van der Waals surface area contributed by atoms with Gasteiger partial charge in [0, 0.05) is 6.42 Å². The van der Waals surface area contributed by atoms with Gasteiger partial charge in [0.15, 0.2) is 0 Å². The Kier molecular flexibility index (Phi) is 2.76. The minimum Gasteiger partial charge on any atom is -0.481 e. The summed E-state index contributed by atoms with van der Waals surface area (Å²) < 4.78 is 0. The lowest BCUT2D eigenvalue weighted by Gasteiger charge is -2.18. The highest BCUT2D eigenvalue weighted by Crippen LogP contribution is 2.39. The Morgan fingerprint density at radius 1 is 1.53 bits per heavy atom. The number of carboxylic acid groups (broad SMARTS) is 1. The molecule has 15 heavy (non-hydrogen) atoms. The Bertz CT molecular complexity index is 371. The van der Waals surface area contributed by atoms with Crippen molar-refractivity contribution in [2.45, 2.75) is 32.1 Å². The summed E-state index contributed by atoms with van der Waals surface area (Å²) in [7, 11) is 0. The Morgan fingerprint density at radius 2 is 2.27 bits per heavy atom. The monoisotopic (exact) mass is 204 g/mol. The van der Waals surface area contributed by atoms with E-state index in [0.717, 1.165) is 12.8 Å². The van der Waals surface area contributed by atoms with Gasteiger partial charge in [0.2, 0.25) is 0 Å². The first kappa shape index (κ1) is 10.2. The number of hydrogen-bond donors (Lipinski definition) is 1. The first-order valence-corrected chi connectivity index (χ1v) is 5.48. The van der Waals surface area contributed by atoms with Crippen LogP contribution in [-0.2, 0) is 11.2 Å². The Balaban J connectivity index is 2.16. The Hall–Kier alpha value is -1.31. The molecule has 0 bridgehead atoms. The first-order chi connectivity index (χ1) is 7.18. The molecule has 1 aliphatic carbocycles. The van der Waals surface area contributed by atoms with Gasteiger partial charge in [-0.3, -0.25) is 4.79 Å². The highest BCUT2D eigenvalue weighted by molar-refractivity contribution is 5.67. The molecule has 1 aromatic rings. The molecule has 2 atom stereocenters. The standard InChI is InChI=1S/C13H16O2/c1-9(8-13(14)15)11-7-6-10-4-2-3-5-12(10)11/h2-5,9,11H,6-8H2,1H3,(H,14,15). The molecule has 2 nitrogen and oxygen atoms in total. The van der Waals surface area contributed by atoms with Crippen LogP contribution in [0, 0.1) is 5.92 Å².